The molecule has 2 N–H and O–H groups in total. The molecule has 9 heteroatoms. The molecular weight excluding hydrogens is 495 g/mol. The van der Waals surface area contributed by atoms with Gasteiger partial charge in [-0.15, -0.1) is 24.0 Å². The third kappa shape index (κ3) is 7.26. The first kappa shape index (κ1) is 24.6. The maximum Gasteiger partial charge on any atom is 0.241 e. The van der Waals surface area contributed by atoms with Crippen molar-refractivity contribution in [2.45, 2.75) is 52.4 Å². The van der Waals surface area contributed by atoms with E-state index in [9.17, 15) is 4.79 Å². The van der Waals surface area contributed by atoms with Crippen LogP contribution < -0.4 is 15.5 Å². The molecule has 1 aromatic heterocycles. The van der Waals surface area contributed by atoms with Gasteiger partial charge in [-0.3, -0.25) is 4.79 Å². The van der Waals surface area contributed by atoms with E-state index in [2.05, 4.69) is 45.4 Å². The van der Waals surface area contributed by atoms with Crippen molar-refractivity contribution in [3.8, 4) is 0 Å². The van der Waals surface area contributed by atoms with Crippen molar-refractivity contribution in [1.82, 2.24) is 20.5 Å². The SMILES string of the molecule is CCNC(=NCc1ccc(N2CC(C)OC(C)C2)nc1)NCC(=O)N1CCCC1.I. The van der Waals surface area contributed by atoms with E-state index >= 15 is 0 Å². The Hall–Kier alpha value is -1.62. The summed E-state index contributed by atoms with van der Waals surface area (Å²) in [6.07, 6.45) is 4.50. The average molecular weight is 530 g/mol. The number of hydrogen-bond acceptors (Lipinski definition) is 5. The summed E-state index contributed by atoms with van der Waals surface area (Å²) in [7, 11) is 0. The number of guanidine groups is 1. The Morgan fingerprint density at radius 2 is 1.90 bits per heavy atom. The number of carbonyl (C=O) groups excluding carboxylic acids is 1. The van der Waals surface area contributed by atoms with Crippen molar-refractivity contribution >= 4 is 41.7 Å². The fourth-order valence-corrected chi connectivity index (χ4v) is 3.81. The van der Waals surface area contributed by atoms with Gasteiger partial charge in [0.15, 0.2) is 5.96 Å². The quantitative estimate of drug-likeness (QED) is 0.333. The Labute approximate surface area is 196 Å². The first-order chi connectivity index (χ1) is 14.0. The van der Waals surface area contributed by atoms with Crippen LogP contribution in [0, 0.1) is 0 Å². The number of pyridine rings is 1. The van der Waals surface area contributed by atoms with E-state index in [0.717, 1.165) is 56.9 Å². The minimum atomic E-state index is 0. The topological polar surface area (TPSA) is 82.1 Å². The van der Waals surface area contributed by atoms with Gasteiger partial charge in [0.1, 0.15) is 5.82 Å². The Morgan fingerprint density at radius 1 is 1.20 bits per heavy atom. The van der Waals surface area contributed by atoms with Crippen LogP contribution in [0.3, 0.4) is 0 Å². The summed E-state index contributed by atoms with van der Waals surface area (Å²) in [5, 5.41) is 6.34. The molecule has 0 aromatic carbocycles. The van der Waals surface area contributed by atoms with Crippen LogP contribution in [-0.4, -0.2) is 73.2 Å². The van der Waals surface area contributed by atoms with Crippen molar-refractivity contribution < 1.29 is 9.53 Å². The largest absolute Gasteiger partial charge is 0.372 e. The predicted molar refractivity (Wildman–Crippen MR) is 131 cm³/mol. The average Bonchev–Trinajstić information content (AvgIpc) is 3.24. The number of morpholine rings is 1. The monoisotopic (exact) mass is 530 g/mol. The minimum Gasteiger partial charge on any atom is -0.372 e. The molecule has 30 heavy (non-hydrogen) atoms. The summed E-state index contributed by atoms with van der Waals surface area (Å²) in [5.41, 5.74) is 1.03. The lowest BCUT2D eigenvalue weighted by molar-refractivity contribution is -0.128. The molecule has 8 nitrogen and oxygen atoms in total. The first-order valence-corrected chi connectivity index (χ1v) is 10.7. The highest BCUT2D eigenvalue weighted by molar-refractivity contribution is 14.0. The first-order valence-electron chi connectivity index (χ1n) is 10.7. The van der Waals surface area contributed by atoms with Crippen LogP contribution in [-0.2, 0) is 16.1 Å². The lowest BCUT2D eigenvalue weighted by Gasteiger charge is -2.36. The van der Waals surface area contributed by atoms with Gasteiger partial charge in [0.2, 0.25) is 5.91 Å². The third-order valence-electron chi connectivity index (χ3n) is 5.18. The maximum atomic E-state index is 12.2. The van der Waals surface area contributed by atoms with Gasteiger partial charge in [-0.1, -0.05) is 6.07 Å². The van der Waals surface area contributed by atoms with E-state index in [1.807, 2.05) is 24.1 Å². The van der Waals surface area contributed by atoms with Crippen molar-refractivity contribution in [2.24, 2.45) is 4.99 Å². The smallest absolute Gasteiger partial charge is 0.241 e. The van der Waals surface area contributed by atoms with Gasteiger partial charge in [-0.25, -0.2) is 9.98 Å². The second-order valence-electron chi connectivity index (χ2n) is 7.82. The fourth-order valence-electron chi connectivity index (χ4n) is 3.81. The van der Waals surface area contributed by atoms with Crippen molar-refractivity contribution in [2.75, 3.05) is 44.2 Å². The van der Waals surface area contributed by atoms with E-state index in [-0.39, 0.29) is 48.6 Å². The van der Waals surface area contributed by atoms with Crippen molar-refractivity contribution in [3.05, 3.63) is 23.9 Å². The highest BCUT2D eigenvalue weighted by Gasteiger charge is 2.23. The molecule has 2 aliphatic rings. The summed E-state index contributed by atoms with van der Waals surface area (Å²) < 4.78 is 5.79. The van der Waals surface area contributed by atoms with Gasteiger partial charge in [0.25, 0.3) is 0 Å². The molecule has 3 rings (SSSR count). The van der Waals surface area contributed by atoms with Gasteiger partial charge in [0.05, 0.1) is 25.3 Å². The van der Waals surface area contributed by atoms with Crippen molar-refractivity contribution in [3.63, 3.8) is 0 Å². The molecule has 2 atom stereocenters. The number of aromatic nitrogens is 1. The summed E-state index contributed by atoms with van der Waals surface area (Å²) in [5.74, 6) is 1.76. The van der Waals surface area contributed by atoms with Crippen molar-refractivity contribution in [1.29, 1.82) is 0 Å². The number of nitrogens with one attached hydrogen (secondary N) is 2. The number of rotatable bonds is 6. The van der Waals surface area contributed by atoms with Crippen LogP contribution in [0.25, 0.3) is 0 Å². The van der Waals surface area contributed by atoms with Gasteiger partial charge < -0.3 is 25.2 Å². The molecule has 0 radical (unpaired) electrons. The number of ether oxygens (including phenoxy) is 1. The molecule has 0 bridgehead atoms. The minimum absolute atomic E-state index is 0. The van der Waals surface area contributed by atoms with Crippen LogP contribution in [0.4, 0.5) is 5.82 Å². The van der Waals surface area contributed by atoms with E-state index in [1.54, 1.807) is 0 Å². The molecule has 0 aliphatic carbocycles. The molecule has 1 amide bonds. The third-order valence-corrected chi connectivity index (χ3v) is 5.18. The molecule has 3 heterocycles. The number of halogens is 1. The van der Waals surface area contributed by atoms with Gasteiger partial charge in [-0.05, 0) is 45.2 Å². The Kier molecular flexibility index (Phi) is 10.1. The molecule has 1 aromatic rings. The number of anilines is 1. The lowest BCUT2D eigenvalue weighted by atomic mass is 10.2. The Bertz CT molecular complexity index is 683. The highest BCUT2D eigenvalue weighted by Crippen LogP contribution is 2.18. The molecule has 2 aliphatic heterocycles. The summed E-state index contributed by atoms with van der Waals surface area (Å²) >= 11 is 0. The number of carbonyl (C=O) groups is 1. The molecule has 2 unspecified atom stereocenters. The second-order valence-corrected chi connectivity index (χ2v) is 7.82. The zero-order chi connectivity index (χ0) is 20.6. The zero-order valence-electron chi connectivity index (χ0n) is 18.3. The number of nitrogens with zero attached hydrogens (tertiary/aromatic N) is 4. The molecular formula is C21H35IN6O2. The number of likely N-dealkylation sites (tertiary alicyclic amines) is 1. The van der Waals surface area contributed by atoms with E-state index in [4.69, 9.17) is 4.74 Å². The van der Waals surface area contributed by atoms with Crippen LogP contribution in [0.2, 0.25) is 0 Å². The van der Waals surface area contributed by atoms with Crippen LogP contribution in [0.5, 0.6) is 0 Å². The van der Waals surface area contributed by atoms with E-state index in [1.165, 1.54) is 0 Å². The fraction of sp³-hybridized carbons (Fsp3) is 0.667. The zero-order valence-corrected chi connectivity index (χ0v) is 20.6. The lowest BCUT2D eigenvalue weighted by Crippen LogP contribution is -2.45. The van der Waals surface area contributed by atoms with E-state index < -0.39 is 0 Å². The standard InChI is InChI=1S/C21H34N6O2.HI/c1-4-22-21(25-13-20(28)26-9-5-6-10-26)24-12-18-7-8-19(23-11-18)27-14-16(2)29-17(3)15-27;/h7-8,11,16-17H,4-6,9-10,12-15H2,1-3H3,(H2,22,24,25);1H. The van der Waals surface area contributed by atoms with E-state index in [0.29, 0.717) is 12.5 Å². The number of amides is 1. The summed E-state index contributed by atoms with van der Waals surface area (Å²) in [4.78, 5) is 25.6. The Balaban J connectivity index is 0.00000320. The normalized spacial score (nSPS) is 21.9. The highest BCUT2D eigenvalue weighted by atomic mass is 127. The molecule has 2 saturated heterocycles. The second kappa shape index (κ2) is 12.3. The van der Waals surface area contributed by atoms with Gasteiger partial charge in [-0.2, -0.15) is 0 Å². The van der Waals surface area contributed by atoms with Gasteiger partial charge >= 0.3 is 0 Å². The van der Waals surface area contributed by atoms with Gasteiger partial charge in [0, 0.05) is 38.9 Å². The molecule has 0 saturated carbocycles. The predicted octanol–water partition coefficient (Wildman–Crippen LogP) is 1.99. The van der Waals surface area contributed by atoms with Crippen LogP contribution in [0.15, 0.2) is 23.3 Å². The maximum absolute atomic E-state index is 12.2. The summed E-state index contributed by atoms with van der Waals surface area (Å²) in [6.45, 7) is 11.2. The number of hydrogen-bond donors (Lipinski definition) is 2. The van der Waals surface area contributed by atoms with Crippen LogP contribution >= 0.6 is 24.0 Å². The molecule has 2 fully saturated rings. The number of aliphatic imine (C=N–C) groups is 1. The molecule has 168 valence electrons. The Morgan fingerprint density at radius 3 is 2.50 bits per heavy atom. The summed E-state index contributed by atoms with van der Waals surface area (Å²) in [6, 6.07) is 4.11. The van der Waals surface area contributed by atoms with Crippen LogP contribution in [0.1, 0.15) is 39.2 Å². The molecule has 0 spiro atoms.